The fourth-order valence-corrected chi connectivity index (χ4v) is 27.4. The van der Waals surface area contributed by atoms with Crippen molar-refractivity contribution in [2.24, 2.45) is 0 Å². The molecule has 0 saturated carbocycles. The molecule has 0 radical (unpaired) electrons. The second kappa shape index (κ2) is 33.3. The van der Waals surface area contributed by atoms with Crippen LogP contribution in [0.5, 0.6) is 0 Å². The largest absolute Gasteiger partial charge is 0.308 e. The molecule has 0 spiro atoms. The lowest BCUT2D eigenvalue weighted by Crippen LogP contribution is -2.14. The van der Waals surface area contributed by atoms with Gasteiger partial charge in [0.2, 0.25) is 0 Å². The van der Waals surface area contributed by atoms with Crippen LogP contribution in [0.15, 0.2) is 491 Å². The van der Waals surface area contributed by atoms with Crippen molar-refractivity contribution in [3.63, 3.8) is 0 Å². The summed E-state index contributed by atoms with van der Waals surface area (Å²) < 4.78 is 2.50. The summed E-state index contributed by atoms with van der Waals surface area (Å²) in [7, 11) is 0. The first-order valence-corrected chi connectivity index (χ1v) is 52.7. The van der Waals surface area contributed by atoms with Crippen molar-refractivity contribution >= 4 is 119 Å². The monoisotopic (exact) mass is 1900 g/mol. The van der Waals surface area contributed by atoms with Gasteiger partial charge in [-0.15, -0.1) is 0 Å². The molecule has 0 unspecified atom stereocenters. The van der Waals surface area contributed by atoms with Crippen molar-refractivity contribution in [2.45, 2.75) is 77.0 Å². The lowest BCUT2D eigenvalue weighted by Gasteiger charge is -2.23. The van der Waals surface area contributed by atoms with E-state index in [9.17, 15) is 0 Å². The van der Waals surface area contributed by atoms with E-state index in [1.165, 1.54) is 302 Å². The number of para-hydroxylation sites is 2. The van der Waals surface area contributed by atoms with E-state index in [2.05, 4.69) is 551 Å². The van der Waals surface area contributed by atoms with Gasteiger partial charge in [-0.3, -0.25) is 0 Å². The van der Waals surface area contributed by atoms with Gasteiger partial charge in [-0.25, -0.2) is 0 Å². The molecule has 0 amide bonds. The van der Waals surface area contributed by atoms with Gasteiger partial charge >= 0.3 is 0 Å². The summed E-state index contributed by atoms with van der Waals surface area (Å²) in [6.45, 7) is 18.9. The number of rotatable bonds is 9. The third-order valence-corrected chi connectivity index (χ3v) is 34.5. The van der Waals surface area contributed by atoms with Gasteiger partial charge in [0, 0.05) is 43.2 Å². The Hall–Kier alpha value is -17.9. The maximum absolute atomic E-state index is 2.50. The maximum atomic E-state index is 2.50. The predicted octanol–water partition coefficient (Wildman–Crippen LogP) is 40.5. The molecule has 1 heteroatoms. The molecule has 0 atom stereocenters. The summed E-state index contributed by atoms with van der Waals surface area (Å²) in [5, 5.41) is 25.7. The molecule has 0 aliphatic heterocycles. The smallest absolute Gasteiger partial charge is 0.0619 e. The number of aromatic nitrogens is 1. The van der Waals surface area contributed by atoms with Crippen LogP contribution >= 0.6 is 0 Å². The normalized spacial score (nSPS) is 13.9. The quantitative estimate of drug-likeness (QED) is 0.100. The van der Waals surface area contributed by atoms with Crippen molar-refractivity contribution in [3.05, 3.63) is 536 Å². The molecule has 4 aliphatic rings. The van der Waals surface area contributed by atoms with Gasteiger partial charge in [0.1, 0.15) is 0 Å². The number of hydrogen-bond acceptors (Lipinski definition) is 0. The van der Waals surface area contributed by atoms with Gasteiger partial charge in [0.25, 0.3) is 0 Å². The Morgan fingerprint density at radius 2 is 0.409 bits per heavy atom. The van der Waals surface area contributed by atoms with Crippen LogP contribution in [0.25, 0.3) is 258 Å². The Balaban J connectivity index is 0.000000105. The molecule has 1 aromatic heterocycles. The lowest BCUT2D eigenvalue weighted by atomic mass is 9.80. The minimum Gasteiger partial charge on any atom is -0.308 e. The summed E-state index contributed by atoms with van der Waals surface area (Å²) in [4.78, 5) is 0. The van der Waals surface area contributed by atoms with Crippen LogP contribution in [0.3, 0.4) is 0 Å². The third-order valence-electron chi connectivity index (χ3n) is 34.5. The summed E-state index contributed by atoms with van der Waals surface area (Å²) in [5.74, 6) is 0. The van der Waals surface area contributed by atoms with Gasteiger partial charge in [0.15, 0.2) is 0 Å². The molecular formula is C148H105N. The van der Waals surface area contributed by atoms with Gasteiger partial charge in [0.05, 0.1) is 16.7 Å². The van der Waals surface area contributed by atoms with Crippen molar-refractivity contribution < 1.29 is 0 Å². The zero-order chi connectivity index (χ0) is 99.6. The molecule has 149 heavy (non-hydrogen) atoms. The van der Waals surface area contributed by atoms with Crippen LogP contribution in [0, 0.1) is 0 Å². The highest BCUT2D eigenvalue weighted by Crippen LogP contribution is 2.60. The van der Waals surface area contributed by atoms with Crippen LogP contribution in [0.1, 0.15) is 99.9 Å². The molecule has 27 aromatic rings. The fraction of sp³-hybridized carbons (Fsp3) is 0.0811. The van der Waals surface area contributed by atoms with Crippen molar-refractivity contribution in [1.29, 1.82) is 0 Å². The van der Waals surface area contributed by atoms with E-state index in [4.69, 9.17) is 0 Å². The minimum absolute atomic E-state index is 0.0311. The van der Waals surface area contributed by atoms with Crippen LogP contribution in [0.2, 0.25) is 0 Å². The number of nitrogens with zero attached hydrogens (tertiary/aromatic N) is 1. The molecule has 0 fully saturated rings. The van der Waals surface area contributed by atoms with E-state index in [0.29, 0.717) is 0 Å². The first-order chi connectivity index (χ1) is 73.0. The molecule has 702 valence electrons. The molecule has 4 aliphatic carbocycles. The Labute approximate surface area is 869 Å². The van der Waals surface area contributed by atoms with Crippen molar-refractivity contribution in [3.8, 4) is 139 Å². The van der Waals surface area contributed by atoms with Crippen LogP contribution < -0.4 is 0 Å². The molecular weight excluding hydrogens is 1790 g/mol. The summed E-state index contributed by atoms with van der Waals surface area (Å²) in [5.41, 5.74) is 45.8. The van der Waals surface area contributed by atoms with E-state index in [0.717, 1.165) is 0 Å². The van der Waals surface area contributed by atoms with Gasteiger partial charge < -0.3 is 4.57 Å². The predicted molar refractivity (Wildman–Crippen MR) is 636 cm³/mol. The minimum atomic E-state index is -0.0670. The van der Waals surface area contributed by atoms with Crippen molar-refractivity contribution in [2.75, 3.05) is 0 Å². The Morgan fingerprint density at radius 3 is 0.852 bits per heavy atom. The molecule has 0 bridgehead atoms. The fourth-order valence-electron chi connectivity index (χ4n) is 27.4. The van der Waals surface area contributed by atoms with E-state index < -0.39 is 0 Å². The molecule has 31 rings (SSSR count). The van der Waals surface area contributed by atoms with Crippen LogP contribution in [-0.2, 0) is 21.7 Å². The average molecular weight is 1900 g/mol. The van der Waals surface area contributed by atoms with Gasteiger partial charge in [-0.1, -0.05) is 498 Å². The first kappa shape index (κ1) is 87.7. The SMILES string of the molecule is CC1(C)c2ccccc2-c2cc(-c3c4ccccc4c(-c4ccc5ccc6cccc7ccc4c5c67)c4ccc(-c5ccccc5)cc34)ccc21.CC1(C)c2ccccc2-c2cc(-c3c4ccccc4c(-c4cccc5c4-c4ccccc4C5(C)C)c4ccc(-c5ccccc5)cc34)ccc21.CC1(C)c2ccccc2-c2cc(-c3c4ccccc4c(-n4c5ccccc5c5ccccc54)c4ccc(-c5ccccc5)cc34)ccc21. The van der Waals surface area contributed by atoms with Crippen LogP contribution in [-0.4, -0.2) is 4.57 Å². The second-order valence-corrected chi connectivity index (χ2v) is 43.8. The van der Waals surface area contributed by atoms with E-state index in [1.807, 2.05) is 0 Å². The first-order valence-electron chi connectivity index (χ1n) is 52.7. The standard InChI is InChI=1S/C51H34.C50H38.C47H33N/c1-51(2)45-18-9-8-15-37(45)43-30-36(24-28-46(43)51)48-38-16-6-7-17-39(38)50(42-27-23-35(29-44(42)48)31-11-4-3-5-12-31)41-26-22-34-20-19-32-13-10-14-33-21-25-40(41)49(34)47(32)33;1-49(2)42-22-12-10-17-34(42)40-30-33(26-28-44(40)49)46-35-18-8-9-19-36(35)47(37-27-25-32(29-41(37)46)31-15-6-5-7-16-31)39-21-14-24-45-48(39)38-20-11-13-23-43(38)50(45,3)4;1-47(2)41-21-11-8-16-33(41)39-29-32(25-27-42(39)47)45-36-19-6-7-20-37(36)46(38-26-24-31(28-40(38)45)30-14-4-3-5-15-30)48-43-22-12-9-17-34(43)35-18-10-13-23-44(35)48/h3-30H,1-2H3;5-30H,1-4H3;3-29H,1-2H3. The third kappa shape index (κ3) is 13.2. The summed E-state index contributed by atoms with van der Waals surface area (Å²) in [6.07, 6.45) is 0. The molecule has 1 nitrogen and oxygen atoms in total. The molecule has 0 saturated heterocycles. The molecule has 0 N–H and O–H groups in total. The summed E-state index contributed by atoms with van der Waals surface area (Å²) in [6, 6.07) is 184. The second-order valence-electron chi connectivity index (χ2n) is 43.8. The number of hydrogen-bond donors (Lipinski definition) is 0. The highest BCUT2D eigenvalue weighted by Gasteiger charge is 2.42. The lowest BCUT2D eigenvalue weighted by molar-refractivity contribution is 0.660. The summed E-state index contributed by atoms with van der Waals surface area (Å²) >= 11 is 0. The van der Waals surface area contributed by atoms with Crippen molar-refractivity contribution in [1.82, 2.24) is 4.57 Å². The Bertz CT molecular complexity index is 10300. The number of fused-ring (bicyclic) bond motifs is 21. The van der Waals surface area contributed by atoms with E-state index in [1.54, 1.807) is 0 Å². The highest BCUT2D eigenvalue weighted by molar-refractivity contribution is 6.31. The van der Waals surface area contributed by atoms with E-state index in [-0.39, 0.29) is 21.7 Å². The number of benzene rings is 26. The van der Waals surface area contributed by atoms with Gasteiger partial charge in [-0.2, -0.15) is 0 Å². The van der Waals surface area contributed by atoms with E-state index >= 15 is 0 Å². The molecule has 1 heterocycles. The molecule has 26 aromatic carbocycles. The Morgan fingerprint density at radius 1 is 0.134 bits per heavy atom. The highest BCUT2D eigenvalue weighted by atomic mass is 15.0. The maximum Gasteiger partial charge on any atom is 0.0619 e. The topological polar surface area (TPSA) is 4.93 Å². The van der Waals surface area contributed by atoms with Gasteiger partial charge in [-0.05, 0) is 313 Å². The average Bonchev–Trinajstić information content (AvgIpc) is 1.70. The Kier molecular flexibility index (Phi) is 19.6. The zero-order valence-electron chi connectivity index (χ0n) is 84.7. The zero-order valence-corrected chi connectivity index (χ0v) is 84.7. The van der Waals surface area contributed by atoms with Crippen LogP contribution in [0.4, 0.5) is 0 Å².